The van der Waals surface area contributed by atoms with Crippen LogP contribution in [-0.2, 0) is 6.54 Å². The zero-order valence-electron chi connectivity index (χ0n) is 22.0. The van der Waals surface area contributed by atoms with Crippen LogP contribution >= 0.6 is 0 Å². The molecule has 5 nitrogen and oxygen atoms in total. The van der Waals surface area contributed by atoms with E-state index < -0.39 is 11.6 Å². The van der Waals surface area contributed by atoms with Gasteiger partial charge in [-0.15, -0.1) is 0 Å². The first kappa shape index (κ1) is 25.3. The van der Waals surface area contributed by atoms with Crippen molar-refractivity contribution in [1.82, 2.24) is 14.9 Å². The van der Waals surface area contributed by atoms with Crippen LogP contribution in [0.15, 0.2) is 84.1 Å². The van der Waals surface area contributed by atoms with Crippen molar-refractivity contribution >= 4 is 11.7 Å². The molecule has 2 aliphatic rings. The molecule has 1 saturated heterocycles. The topological polar surface area (TPSA) is 44.6 Å². The van der Waals surface area contributed by atoms with E-state index >= 15 is 0 Å². The van der Waals surface area contributed by atoms with E-state index in [-0.39, 0.29) is 11.6 Å². The molecule has 39 heavy (non-hydrogen) atoms. The van der Waals surface area contributed by atoms with Crippen LogP contribution in [0.4, 0.5) is 14.7 Å². The molecule has 0 radical (unpaired) electrons. The Hall–Kier alpha value is -3.97. The molecule has 4 aromatic rings. The second kappa shape index (κ2) is 11.0. The maximum absolute atomic E-state index is 14.2. The first-order chi connectivity index (χ1) is 19.0. The predicted molar refractivity (Wildman–Crippen MR) is 151 cm³/mol. The van der Waals surface area contributed by atoms with E-state index in [2.05, 4.69) is 55.9 Å². The largest absolute Gasteiger partial charge is 0.338 e. The van der Waals surface area contributed by atoms with Crippen LogP contribution in [-0.4, -0.2) is 46.8 Å². The number of aliphatic imine (C=N–C) groups is 1. The van der Waals surface area contributed by atoms with Gasteiger partial charge in [0.1, 0.15) is 11.6 Å². The summed E-state index contributed by atoms with van der Waals surface area (Å²) in [4.78, 5) is 18.7. The number of hydrogen-bond donors (Lipinski definition) is 0. The van der Waals surface area contributed by atoms with E-state index in [1.807, 2.05) is 36.7 Å². The van der Waals surface area contributed by atoms with E-state index in [0.717, 1.165) is 61.8 Å². The molecule has 3 heterocycles. The summed E-state index contributed by atoms with van der Waals surface area (Å²) in [7, 11) is 0. The summed E-state index contributed by atoms with van der Waals surface area (Å²) in [6, 6.07) is 20.7. The zero-order chi connectivity index (χ0) is 26.8. The van der Waals surface area contributed by atoms with Gasteiger partial charge < -0.3 is 4.90 Å². The van der Waals surface area contributed by atoms with Gasteiger partial charge in [-0.1, -0.05) is 60.2 Å². The van der Waals surface area contributed by atoms with E-state index in [1.165, 1.54) is 29.3 Å². The van der Waals surface area contributed by atoms with Crippen molar-refractivity contribution < 1.29 is 8.78 Å². The van der Waals surface area contributed by atoms with Crippen molar-refractivity contribution in [2.45, 2.75) is 32.4 Å². The van der Waals surface area contributed by atoms with E-state index in [0.29, 0.717) is 12.1 Å². The Morgan fingerprint density at radius 1 is 0.795 bits per heavy atom. The second-order valence-corrected chi connectivity index (χ2v) is 10.4. The van der Waals surface area contributed by atoms with Gasteiger partial charge >= 0.3 is 0 Å². The average Bonchev–Trinajstić information content (AvgIpc) is 3.45. The normalized spacial score (nSPS) is 17.9. The lowest BCUT2D eigenvalue weighted by Crippen LogP contribution is -2.46. The fourth-order valence-corrected chi connectivity index (χ4v) is 5.38. The maximum atomic E-state index is 14.2. The fourth-order valence-electron chi connectivity index (χ4n) is 5.38. The van der Waals surface area contributed by atoms with Crippen LogP contribution in [0.25, 0.3) is 11.1 Å². The number of halogens is 2. The van der Waals surface area contributed by atoms with Crippen molar-refractivity contribution in [1.29, 1.82) is 0 Å². The molecule has 1 unspecified atom stereocenters. The van der Waals surface area contributed by atoms with Crippen LogP contribution in [0.2, 0.25) is 0 Å². The minimum Gasteiger partial charge on any atom is -0.338 e. The summed E-state index contributed by atoms with van der Waals surface area (Å²) in [6.07, 6.45) is 5.05. The minimum atomic E-state index is -0.558. The molecule has 198 valence electrons. The lowest BCUT2D eigenvalue weighted by molar-refractivity contribution is 0.248. The molecule has 0 saturated carbocycles. The highest BCUT2D eigenvalue weighted by Gasteiger charge is 2.24. The molecule has 1 fully saturated rings. The molecular weight excluding hydrogens is 492 g/mol. The lowest BCUT2D eigenvalue weighted by atomic mass is 10.0. The molecule has 1 atom stereocenters. The van der Waals surface area contributed by atoms with Gasteiger partial charge in [0.2, 0.25) is 5.95 Å². The molecule has 0 N–H and O–H groups in total. The molecule has 0 bridgehead atoms. The first-order valence-electron chi connectivity index (χ1n) is 13.5. The quantitative estimate of drug-likeness (QED) is 0.294. The number of rotatable bonds is 6. The van der Waals surface area contributed by atoms with E-state index in [4.69, 9.17) is 0 Å². The molecule has 3 aromatic carbocycles. The van der Waals surface area contributed by atoms with Crippen LogP contribution in [0.5, 0.6) is 0 Å². The Kier molecular flexibility index (Phi) is 7.16. The summed E-state index contributed by atoms with van der Waals surface area (Å²) in [5, 5.41) is 0. The smallest absolute Gasteiger partial charge is 0.225 e. The number of nitrogens with zero attached hydrogens (tertiary/aromatic N) is 5. The number of benzene rings is 3. The Bertz CT molecular complexity index is 1440. The monoisotopic (exact) mass is 523 g/mol. The van der Waals surface area contributed by atoms with Gasteiger partial charge in [0, 0.05) is 56.4 Å². The first-order valence-corrected chi connectivity index (χ1v) is 13.5. The molecule has 0 spiro atoms. The van der Waals surface area contributed by atoms with Gasteiger partial charge in [0.25, 0.3) is 0 Å². The Morgan fingerprint density at radius 3 is 2.13 bits per heavy atom. The van der Waals surface area contributed by atoms with Crippen LogP contribution < -0.4 is 4.90 Å². The number of aryl methyl sites for hydroxylation is 1. The fraction of sp³-hybridized carbons (Fsp3) is 0.281. The van der Waals surface area contributed by atoms with Gasteiger partial charge in [0.15, 0.2) is 0 Å². The number of aromatic nitrogens is 2. The third kappa shape index (κ3) is 5.59. The van der Waals surface area contributed by atoms with Crippen molar-refractivity contribution in [3.8, 4) is 11.1 Å². The summed E-state index contributed by atoms with van der Waals surface area (Å²) in [5.41, 5.74) is 6.15. The maximum Gasteiger partial charge on any atom is 0.225 e. The number of piperazine rings is 1. The van der Waals surface area contributed by atoms with Gasteiger partial charge in [-0.25, -0.2) is 18.7 Å². The standard InChI is InChI=1S/C32H31F2N5/c1-22-5-7-23(8-6-22)21-38-15-17-39(18-16-38)32-35-19-26(20-36-32)24-9-11-25(12-10-24)29-13-14-30(37-29)31-27(33)3-2-4-28(31)34/h2-12,19-20,29H,13-18,21H2,1H3. The average molecular weight is 524 g/mol. The van der Waals surface area contributed by atoms with Gasteiger partial charge in [-0.05, 0) is 48.6 Å². The molecule has 6 rings (SSSR count). The van der Waals surface area contributed by atoms with Crippen molar-refractivity contribution in [2.24, 2.45) is 4.99 Å². The van der Waals surface area contributed by atoms with E-state index in [9.17, 15) is 8.78 Å². The number of anilines is 1. The molecule has 7 heteroatoms. The van der Waals surface area contributed by atoms with Crippen molar-refractivity contribution in [3.05, 3.63) is 113 Å². The summed E-state index contributed by atoms with van der Waals surface area (Å²) in [6.45, 7) is 6.85. The van der Waals surface area contributed by atoms with Crippen LogP contribution in [0.1, 0.15) is 41.1 Å². The molecule has 2 aliphatic heterocycles. The minimum absolute atomic E-state index is 0.00143. The predicted octanol–water partition coefficient (Wildman–Crippen LogP) is 6.38. The number of hydrogen-bond acceptors (Lipinski definition) is 5. The van der Waals surface area contributed by atoms with Gasteiger partial charge in [-0.2, -0.15) is 0 Å². The third-order valence-electron chi connectivity index (χ3n) is 7.67. The van der Waals surface area contributed by atoms with Crippen LogP contribution in [0.3, 0.4) is 0 Å². The zero-order valence-corrected chi connectivity index (χ0v) is 22.0. The highest BCUT2D eigenvalue weighted by molar-refractivity contribution is 6.02. The molecule has 0 aliphatic carbocycles. The molecular formula is C32H31F2N5. The summed E-state index contributed by atoms with van der Waals surface area (Å²) in [5.74, 6) is -0.354. The third-order valence-corrected chi connectivity index (χ3v) is 7.67. The molecule has 0 amide bonds. The van der Waals surface area contributed by atoms with Crippen molar-refractivity contribution in [2.75, 3.05) is 31.1 Å². The van der Waals surface area contributed by atoms with Gasteiger partial charge in [0.05, 0.1) is 11.6 Å². The summed E-state index contributed by atoms with van der Waals surface area (Å²) < 4.78 is 28.4. The van der Waals surface area contributed by atoms with Gasteiger partial charge in [-0.3, -0.25) is 9.89 Å². The van der Waals surface area contributed by atoms with Crippen molar-refractivity contribution in [3.63, 3.8) is 0 Å². The second-order valence-electron chi connectivity index (χ2n) is 10.4. The van der Waals surface area contributed by atoms with E-state index in [1.54, 1.807) is 0 Å². The Labute approximate surface area is 227 Å². The SMILES string of the molecule is Cc1ccc(CN2CCN(c3ncc(-c4ccc(C5CCC(c6c(F)cccc6F)=N5)cc4)cn3)CC2)cc1. The molecule has 1 aromatic heterocycles. The summed E-state index contributed by atoms with van der Waals surface area (Å²) >= 11 is 0. The Morgan fingerprint density at radius 2 is 1.46 bits per heavy atom. The Balaban J connectivity index is 1.07. The van der Waals surface area contributed by atoms with Crippen LogP contribution in [0, 0.1) is 18.6 Å². The lowest BCUT2D eigenvalue weighted by Gasteiger charge is -2.34. The highest BCUT2D eigenvalue weighted by Crippen LogP contribution is 2.33. The highest BCUT2D eigenvalue weighted by atomic mass is 19.1.